The summed E-state index contributed by atoms with van der Waals surface area (Å²) in [6.07, 6.45) is 7.52. The van der Waals surface area contributed by atoms with Crippen molar-refractivity contribution in [2.24, 2.45) is 0 Å². The number of nitrogens with two attached hydrogens (primary N) is 2. The molecular formula is C16H23N3O2. The summed E-state index contributed by atoms with van der Waals surface area (Å²) in [7, 11) is 1.80. The molecule has 1 heterocycles. The van der Waals surface area contributed by atoms with E-state index >= 15 is 0 Å². The first-order valence-corrected chi connectivity index (χ1v) is 7.21. The number of rotatable bonds is 2. The molecule has 1 aromatic carbocycles. The van der Waals surface area contributed by atoms with E-state index in [1.165, 1.54) is 25.7 Å². The lowest BCUT2D eigenvalue weighted by atomic mass is 10.1. The van der Waals surface area contributed by atoms with Gasteiger partial charge in [0.1, 0.15) is 6.26 Å². The van der Waals surface area contributed by atoms with E-state index in [0.29, 0.717) is 17.5 Å². The molecular weight excluding hydrogens is 266 g/mol. The van der Waals surface area contributed by atoms with Gasteiger partial charge in [-0.15, -0.1) is 0 Å². The van der Waals surface area contributed by atoms with Crippen LogP contribution in [0.3, 0.4) is 0 Å². The maximum atomic E-state index is 5.70. The predicted molar refractivity (Wildman–Crippen MR) is 84.8 cm³/mol. The van der Waals surface area contributed by atoms with Crippen LogP contribution in [-0.2, 0) is 4.74 Å². The molecule has 2 aromatic rings. The molecule has 21 heavy (non-hydrogen) atoms. The van der Waals surface area contributed by atoms with Crippen molar-refractivity contribution >= 4 is 11.4 Å². The van der Waals surface area contributed by atoms with Gasteiger partial charge >= 0.3 is 0 Å². The molecule has 0 atom stereocenters. The number of methoxy groups -OCH3 is 1. The lowest BCUT2D eigenvalue weighted by molar-refractivity contribution is 0.109. The van der Waals surface area contributed by atoms with Crippen LogP contribution in [0.2, 0.25) is 0 Å². The molecule has 0 saturated heterocycles. The number of anilines is 2. The Kier molecular flexibility index (Phi) is 5.22. The third kappa shape index (κ3) is 3.98. The van der Waals surface area contributed by atoms with E-state index in [4.69, 9.17) is 20.7 Å². The average Bonchev–Trinajstić information content (AvgIpc) is 3.13. The number of nitrogen functional groups attached to an aromatic ring is 2. The van der Waals surface area contributed by atoms with E-state index in [0.717, 1.165) is 16.8 Å². The molecule has 1 saturated carbocycles. The molecule has 114 valence electrons. The Balaban J connectivity index is 0.000000194. The minimum absolute atomic E-state index is 0.572. The zero-order valence-electron chi connectivity index (χ0n) is 12.6. The summed E-state index contributed by atoms with van der Waals surface area (Å²) in [5.41, 5.74) is 15.2. The molecule has 0 radical (unpaired) electrons. The normalized spacial score (nSPS) is 14.8. The standard InChI is InChI=1S/C10H11N3O.C6H12O/c1-6-8(5-14-13-6)7-2-3-9(11)10(12)4-7;1-7-6-4-2-3-5-6/h2-5H,11-12H2,1H3;6H,2-5H2,1H3. The second kappa shape index (κ2) is 7.13. The molecule has 1 aromatic heterocycles. The smallest absolute Gasteiger partial charge is 0.131 e. The fourth-order valence-electron chi connectivity index (χ4n) is 2.44. The Bertz CT molecular complexity index is 575. The van der Waals surface area contributed by atoms with Crippen LogP contribution in [0.5, 0.6) is 0 Å². The van der Waals surface area contributed by atoms with Gasteiger partial charge in [0.15, 0.2) is 0 Å². The molecule has 0 unspecified atom stereocenters. The molecule has 1 aliphatic carbocycles. The number of hydrogen-bond acceptors (Lipinski definition) is 5. The van der Waals surface area contributed by atoms with Crippen LogP contribution < -0.4 is 11.5 Å². The quantitative estimate of drug-likeness (QED) is 0.827. The van der Waals surface area contributed by atoms with Crippen molar-refractivity contribution in [1.82, 2.24) is 5.16 Å². The van der Waals surface area contributed by atoms with Crippen LogP contribution in [0.25, 0.3) is 11.1 Å². The highest BCUT2D eigenvalue weighted by Gasteiger charge is 2.12. The number of aryl methyl sites for hydroxylation is 1. The van der Waals surface area contributed by atoms with Gasteiger partial charge in [-0.05, 0) is 37.5 Å². The van der Waals surface area contributed by atoms with Crippen molar-refractivity contribution in [3.05, 3.63) is 30.2 Å². The van der Waals surface area contributed by atoms with E-state index in [1.54, 1.807) is 19.4 Å². The number of aromatic nitrogens is 1. The molecule has 0 aliphatic heterocycles. The third-order valence-corrected chi connectivity index (χ3v) is 3.78. The van der Waals surface area contributed by atoms with Crippen molar-refractivity contribution in [3.8, 4) is 11.1 Å². The lowest BCUT2D eigenvalue weighted by Gasteiger charge is -2.02. The van der Waals surface area contributed by atoms with Gasteiger partial charge in [-0.2, -0.15) is 0 Å². The zero-order valence-corrected chi connectivity index (χ0v) is 12.6. The van der Waals surface area contributed by atoms with Crippen molar-refractivity contribution in [1.29, 1.82) is 0 Å². The molecule has 1 aliphatic rings. The Hall–Kier alpha value is -2.01. The molecule has 1 fully saturated rings. The average molecular weight is 289 g/mol. The van der Waals surface area contributed by atoms with Crippen molar-refractivity contribution in [3.63, 3.8) is 0 Å². The van der Waals surface area contributed by atoms with Gasteiger partial charge in [0.25, 0.3) is 0 Å². The first kappa shape index (κ1) is 15.4. The summed E-state index contributed by atoms with van der Waals surface area (Å²) >= 11 is 0. The second-order valence-electron chi connectivity index (χ2n) is 5.30. The van der Waals surface area contributed by atoms with Crippen LogP contribution >= 0.6 is 0 Å². The summed E-state index contributed by atoms with van der Waals surface area (Å²) in [6.45, 7) is 1.88. The van der Waals surface area contributed by atoms with Crippen molar-refractivity contribution in [2.45, 2.75) is 38.7 Å². The first-order valence-electron chi connectivity index (χ1n) is 7.21. The van der Waals surface area contributed by atoms with Gasteiger partial charge in [0.05, 0.1) is 23.2 Å². The fourth-order valence-corrected chi connectivity index (χ4v) is 2.44. The van der Waals surface area contributed by atoms with Crippen LogP contribution in [0, 0.1) is 6.92 Å². The molecule has 5 nitrogen and oxygen atoms in total. The Morgan fingerprint density at radius 3 is 2.38 bits per heavy atom. The maximum absolute atomic E-state index is 5.70. The monoisotopic (exact) mass is 289 g/mol. The molecule has 4 N–H and O–H groups in total. The summed E-state index contributed by atoms with van der Waals surface area (Å²) < 4.78 is 9.96. The van der Waals surface area contributed by atoms with Gasteiger partial charge in [-0.1, -0.05) is 24.1 Å². The topological polar surface area (TPSA) is 87.3 Å². The SMILES string of the molecule is COC1CCCC1.Cc1nocc1-c1ccc(N)c(N)c1. The molecule has 0 bridgehead atoms. The summed E-state index contributed by atoms with van der Waals surface area (Å²) in [4.78, 5) is 0. The number of hydrogen-bond donors (Lipinski definition) is 2. The molecule has 5 heteroatoms. The van der Waals surface area contributed by atoms with Gasteiger partial charge < -0.3 is 20.7 Å². The number of ether oxygens (including phenoxy) is 1. The fraction of sp³-hybridized carbons (Fsp3) is 0.438. The Morgan fingerprint density at radius 1 is 1.19 bits per heavy atom. The van der Waals surface area contributed by atoms with Crippen molar-refractivity contribution < 1.29 is 9.26 Å². The number of benzene rings is 1. The highest BCUT2D eigenvalue weighted by atomic mass is 16.5. The van der Waals surface area contributed by atoms with E-state index in [1.807, 2.05) is 19.1 Å². The maximum Gasteiger partial charge on any atom is 0.131 e. The summed E-state index contributed by atoms with van der Waals surface area (Å²) in [5.74, 6) is 0. The van der Waals surface area contributed by atoms with E-state index < -0.39 is 0 Å². The first-order chi connectivity index (χ1) is 10.1. The lowest BCUT2D eigenvalue weighted by Crippen LogP contribution is -2.01. The van der Waals surface area contributed by atoms with Crippen molar-refractivity contribution in [2.75, 3.05) is 18.6 Å². The second-order valence-corrected chi connectivity index (χ2v) is 5.30. The Morgan fingerprint density at radius 2 is 1.90 bits per heavy atom. The summed E-state index contributed by atoms with van der Waals surface area (Å²) in [6, 6.07) is 5.48. The van der Waals surface area contributed by atoms with Gasteiger partial charge in [-0.3, -0.25) is 0 Å². The predicted octanol–water partition coefficient (Wildman–Crippen LogP) is 3.39. The minimum atomic E-state index is 0.572. The van der Waals surface area contributed by atoms with Gasteiger partial charge in [0, 0.05) is 12.7 Å². The van der Waals surface area contributed by atoms with Gasteiger partial charge in [0.2, 0.25) is 0 Å². The minimum Gasteiger partial charge on any atom is -0.397 e. The highest BCUT2D eigenvalue weighted by Crippen LogP contribution is 2.27. The van der Waals surface area contributed by atoms with E-state index in [-0.39, 0.29) is 0 Å². The third-order valence-electron chi connectivity index (χ3n) is 3.78. The van der Waals surface area contributed by atoms with E-state index in [2.05, 4.69) is 5.16 Å². The molecule has 3 rings (SSSR count). The Labute approximate surface area is 125 Å². The molecule has 0 amide bonds. The van der Waals surface area contributed by atoms with Crippen LogP contribution in [0.15, 0.2) is 29.0 Å². The van der Waals surface area contributed by atoms with Crippen LogP contribution in [0.4, 0.5) is 11.4 Å². The number of nitrogens with zero attached hydrogens (tertiary/aromatic N) is 1. The van der Waals surface area contributed by atoms with Gasteiger partial charge in [-0.25, -0.2) is 0 Å². The van der Waals surface area contributed by atoms with Crippen LogP contribution in [0.1, 0.15) is 31.4 Å². The highest BCUT2D eigenvalue weighted by molar-refractivity contribution is 5.74. The summed E-state index contributed by atoms with van der Waals surface area (Å²) in [5, 5.41) is 3.80. The zero-order chi connectivity index (χ0) is 15.2. The van der Waals surface area contributed by atoms with E-state index in [9.17, 15) is 0 Å². The van der Waals surface area contributed by atoms with Crippen LogP contribution in [-0.4, -0.2) is 18.4 Å². The largest absolute Gasteiger partial charge is 0.397 e. The molecule has 0 spiro atoms.